The maximum atomic E-state index is 5.04. The molecule has 0 spiro atoms. The van der Waals surface area contributed by atoms with Gasteiger partial charge in [-0.3, -0.25) is 4.40 Å². The third-order valence-corrected chi connectivity index (χ3v) is 8.84. The lowest BCUT2D eigenvalue weighted by atomic mass is 9.85. The van der Waals surface area contributed by atoms with E-state index in [9.17, 15) is 0 Å². The minimum absolute atomic E-state index is 0.717. The lowest BCUT2D eigenvalue weighted by Gasteiger charge is -2.21. The standard InChI is InChI=1S/C35H42N2/c1-7-25(8-2)18-27-20-31-29-16-11-12-17-30(29)35-36-22-33(34-23(5)14-13-15-24(34)6)37(35)32(31)21-28(27)19-26(9-3)10-4/h11-17,20-22,25-26H,7-10,18-19H2,1-6H3. The van der Waals surface area contributed by atoms with Crippen LogP contribution in [-0.2, 0) is 12.8 Å². The van der Waals surface area contributed by atoms with Gasteiger partial charge in [0.2, 0.25) is 0 Å². The zero-order valence-electron chi connectivity index (χ0n) is 23.6. The molecular weight excluding hydrogens is 448 g/mol. The van der Waals surface area contributed by atoms with Crippen molar-refractivity contribution < 1.29 is 0 Å². The van der Waals surface area contributed by atoms with E-state index in [1.54, 1.807) is 5.56 Å². The SMILES string of the molecule is CCC(CC)Cc1cc2c3ccccc3c3ncc(-c4c(C)cccc4C)n3c2cc1CC(CC)CC. The third kappa shape index (κ3) is 4.56. The number of hydrogen-bond acceptors (Lipinski definition) is 1. The Morgan fingerprint density at radius 2 is 1.24 bits per heavy atom. The third-order valence-electron chi connectivity index (χ3n) is 8.84. The van der Waals surface area contributed by atoms with Crippen LogP contribution in [0.2, 0.25) is 0 Å². The van der Waals surface area contributed by atoms with Crippen molar-refractivity contribution in [2.45, 2.75) is 80.1 Å². The highest BCUT2D eigenvalue weighted by Crippen LogP contribution is 2.37. The van der Waals surface area contributed by atoms with E-state index >= 15 is 0 Å². The number of aromatic nitrogens is 2. The largest absolute Gasteiger partial charge is 0.292 e. The van der Waals surface area contributed by atoms with E-state index in [0.29, 0.717) is 0 Å². The first kappa shape index (κ1) is 25.5. The fourth-order valence-electron chi connectivity index (χ4n) is 6.33. The summed E-state index contributed by atoms with van der Waals surface area (Å²) in [6.45, 7) is 13.8. The summed E-state index contributed by atoms with van der Waals surface area (Å²) in [5, 5.41) is 3.89. The van der Waals surface area contributed by atoms with Crippen molar-refractivity contribution in [3.05, 3.63) is 83.0 Å². The molecule has 0 aliphatic rings. The molecular formula is C35H42N2. The highest BCUT2D eigenvalue weighted by atomic mass is 15.0. The Morgan fingerprint density at radius 3 is 1.84 bits per heavy atom. The molecule has 2 nitrogen and oxygen atoms in total. The minimum atomic E-state index is 0.717. The molecule has 0 saturated heterocycles. The maximum absolute atomic E-state index is 5.04. The van der Waals surface area contributed by atoms with Crippen molar-refractivity contribution in [2.75, 3.05) is 0 Å². The molecule has 0 unspecified atom stereocenters. The number of hydrogen-bond donors (Lipinski definition) is 0. The predicted octanol–water partition coefficient (Wildman–Crippen LogP) is 9.88. The Kier molecular flexibility index (Phi) is 7.38. The zero-order chi connectivity index (χ0) is 26.1. The highest BCUT2D eigenvalue weighted by molar-refractivity contribution is 6.12. The number of imidazole rings is 1. The molecule has 3 aromatic carbocycles. The quantitative estimate of drug-likeness (QED) is 0.188. The van der Waals surface area contributed by atoms with Crippen molar-refractivity contribution in [3.63, 3.8) is 0 Å². The van der Waals surface area contributed by atoms with Gasteiger partial charge in [0.1, 0.15) is 5.65 Å². The van der Waals surface area contributed by atoms with Crippen LogP contribution in [0.1, 0.15) is 75.6 Å². The van der Waals surface area contributed by atoms with Gasteiger partial charge >= 0.3 is 0 Å². The molecule has 192 valence electrons. The fraction of sp³-hybridized carbons (Fsp3) is 0.400. The molecule has 0 saturated carbocycles. The number of fused-ring (bicyclic) bond motifs is 6. The first-order valence-electron chi connectivity index (χ1n) is 14.4. The lowest BCUT2D eigenvalue weighted by molar-refractivity contribution is 0.472. The van der Waals surface area contributed by atoms with E-state index in [4.69, 9.17) is 4.98 Å². The lowest BCUT2D eigenvalue weighted by Crippen LogP contribution is -2.09. The van der Waals surface area contributed by atoms with E-state index in [1.165, 1.54) is 81.7 Å². The Hall–Kier alpha value is -3.13. The molecule has 0 N–H and O–H groups in total. The number of benzene rings is 3. The summed E-state index contributed by atoms with van der Waals surface area (Å²) >= 11 is 0. The Labute approximate surface area is 222 Å². The molecule has 0 aliphatic heterocycles. The first-order chi connectivity index (χ1) is 18.0. The van der Waals surface area contributed by atoms with Gasteiger partial charge < -0.3 is 0 Å². The molecule has 5 rings (SSSR count). The molecule has 0 atom stereocenters. The summed E-state index contributed by atoms with van der Waals surface area (Å²) in [6.07, 6.45) is 9.33. The average Bonchev–Trinajstić information content (AvgIpc) is 3.35. The summed E-state index contributed by atoms with van der Waals surface area (Å²) in [5.41, 5.74) is 10.5. The van der Waals surface area contributed by atoms with Crippen LogP contribution in [0.3, 0.4) is 0 Å². The second-order valence-corrected chi connectivity index (χ2v) is 11.0. The molecule has 2 heteroatoms. The summed E-state index contributed by atoms with van der Waals surface area (Å²) in [5.74, 6) is 1.45. The van der Waals surface area contributed by atoms with Crippen molar-refractivity contribution in [3.8, 4) is 11.3 Å². The van der Waals surface area contributed by atoms with Crippen LogP contribution in [0.4, 0.5) is 0 Å². The van der Waals surface area contributed by atoms with Gasteiger partial charge in [0.15, 0.2) is 0 Å². The predicted molar refractivity (Wildman–Crippen MR) is 161 cm³/mol. The van der Waals surface area contributed by atoms with Crippen molar-refractivity contribution in [1.29, 1.82) is 0 Å². The smallest absolute Gasteiger partial charge is 0.145 e. The van der Waals surface area contributed by atoms with E-state index < -0.39 is 0 Å². The summed E-state index contributed by atoms with van der Waals surface area (Å²) in [6, 6.07) is 20.5. The number of pyridine rings is 1. The van der Waals surface area contributed by atoms with Gasteiger partial charge in [-0.05, 0) is 78.3 Å². The normalized spacial score (nSPS) is 12.1. The Morgan fingerprint density at radius 1 is 0.676 bits per heavy atom. The topological polar surface area (TPSA) is 17.3 Å². The van der Waals surface area contributed by atoms with E-state index in [0.717, 1.165) is 23.9 Å². The van der Waals surface area contributed by atoms with Crippen LogP contribution in [0.25, 0.3) is 38.6 Å². The number of rotatable bonds is 9. The van der Waals surface area contributed by atoms with Gasteiger partial charge in [-0.1, -0.05) is 95.8 Å². The van der Waals surface area contributed by atoms with Crippen LogP contribution >= 0.6 is 0 Å². The van der Waals surface area contributed by atoms with Gasteiger partial charge in [0.05, 0.1) is 17.4 Å². The van der Waals surface area contributed by atoms with Crippen LogP contribution in [0.15, 0.2) is 60.8 Å². The fourth-order valence-corrected chi connectivity index (χ4v) is 6.33. The van der Waals surface area contributed by atoms with E-state index in [1.807, 2.05) is 0 Å². The zero-order valence-corrected chi connectivity index (χ0v) is 23.6. The maximum Gasteiger partial charge on any atom is 0.145 e. The molecule has 0 radical (unpaired) electrons. The number of aryl methyl sites for hydroxylation is 2. The van der Waals surface area contributed by atoms with E-state index in [-0.39, 0.29) is 0 Å². The molecule has 37 heavy (non-hydrogen) atoms. The van der Waals surface area contributed by atoms with Crippen LogP contribution in [0, 0.1) is 25.7 Å². The van der Waals surface area contributed by atoms with Crippen LogP contribution in [-0.4, -0.2) is 9.38 Å². The van der Waals surface area contributed by atoms with Gasteiger partial charge in [0, 0.05) is 16.3 Å². The Bertz CT molecular complexity index is 1530. The second-order valence-electron chi connectivity index (χ2n) is 11.0. The number of nitrogens with zero attached hydrogens (tertiary/aromatic N) is 2. The van der Waals surface area contributed by atoms with Gasteiger partial charge in [-0.25, -0.2) is 4.98 Å². The van der Waals surface area contributed by atoms with Gasteiger partial charge in [-0.15, -0.1) is 0 Å². The minimum Gasteiger partial charge on any atom is -0.292 e. The molecule has 2 aromatic heterocycles. The van der Waals surface area contributed by atoms with Crippen molar-refractivity contribution in [1.82, 2.24) is 9.38 Å². The molecule has 0 bridgehead atoms. The highest BCUT2D eigenvalue weighted by Gasteiger charge is 2.20. The van der Waals surface area contributed by atoms with Crippen molar-refractivity contribution in [2.24, 2.45) is 11.8 Å². The van der Waals surface area contributed by atoms with Crippen LogP contribution in [0.5, 0.6) is 0 Å². The monoisotopic (exact) mass is 490 g/mol. The summed E-state index contributed by atoms with van der Waals surface area (Å²) in [4.78, 5) is 5.04. The summed E-state index contributed by atoms with van der Waals surface area (Å²) in [7, 11) is 0. The Balaban J connectivity index is 1.89. The molecule has 5 aromatic rings. The molecule has 2 heterocycles. The first-order valence-corrected chi connectivity index (χ1v) is 14.4. The van der Waals surface area contributed by atoms with Crippen molar-refractivity contribution >= 4 is 27.3 Å². The van der Waals surface area contributed by atoms with Crippen LogP contribution < -0.4 is 0 Å². The second kappa shape index (κ2) is 10.7. The molecule has 0 amide bonds. The average molecular weight is 491 g/mol. The summed E-state index contributed by atoms with van der Waals surface area (Å²) < 4.78 is 2.45. The van der Waals surface area contributed by atoms with Gasteiger partial charge in [0.25, 0.3) is 0 Å². The molecule has 0 aliphatic carbocycles. The van der Waals surface area contributed by atoms with E-state index in [2.05, 4.69) is 107 Å². The van der Waals surface area contributed by atoms with Gasteiger partial charge in [-0.2, -0.15) is 0 Å². The molecule has 0 fully saturated rings.